The molecule has 0 radical (unpaired) electrons. The van der Waals surface area contributed by atoms with E-state index < -0.39 is 0 Å². The maximum atomic E-state index is 12.7. The third-order valence-electron chi connectivity index (χ3n) is 4.79. The molecule has 1 unspecified atom stereocenters. The number of carbonyl (C=O) groups is 1. The number of benzene rings is 1. The average molecular weight is 354 g/mol. The molecular formula is C20H26N4O2. The molecule has 0 aliphatic carbocycles. The highest BCUT2D eigenvalue weighted by Crippen LogP contribution is 2.26. The van der Waals surface area contributed by atoms with Gasteiger partial charge in [0.25, 0.3) is 5.91 Å². The molecular weight excluding hydrogens is 328 g/mol. The average Bonchev–Trinajstić information content (AvgIpc) is 2.67. The van der Waals surface area contributed by atoms with Crippen LogP contribution < -0.4 is 15.0 Å². The predicted molar refractivity (Wildman–Crippen MR) is 103 cm³/mol. The summed E-state index contributed by atoms with van der Waals surface area (Å²) in [6.07, 6.45) is 4.58. The number of piperidine rings is 1. The fourth-order valence-electron chi connectivity index (χ4n) is 3.42. The minimum Gasteiger partial charge on any atom is -0.495 e. The first-order chi connectivity index (χ1) is 12.6. The molecule has 1 aliphatic rings. The summed E-state index contributed by atoms with van der Waals surface area (Å²) in [6, 6.07) is 9.50. The van der Waals surface area contributed by atoms with Gasteiger partial charge in [0.15, 0.2) is 0 Å². The van der Waals surface area contributed by atoms with Gasteiger partial charge in [-0.05, 0) is 50.8 Å². The van der Waals surface area contributed by atoms with Crippen LogP contribution in [0.5, 0.6) is 5.75 Å². The van der Waals surface area contributed by atoms with Gasteiger partial charge in [0.2, 0.25) is 5.95 Å². The molecule has 2 heterocycles. The highest BCUT2D eigenvalue weighted by atomic mass is 16.5. The van der Waals surface area contributed by atoms with Gasteiger partial charge in [-0.2, -0.15) is 0 Å². The van der Waals surface area contributed by atoms with Crippen molar-refractivity contribution in [2.24, 2.45) is 0 Å². The molecule has 1 saturated heterocycles. The first kappa shape index (κ1) is 18.2. The Hall–Kier alpha value is -2.63. The van der Waals surface area contributed by atoms with Crippen molar-refractivity contribution in [3.05, 3.63) is 41.7 Å². The number of methoxy groups -OCH3 is 1. The normalized spacial score (nSPS) is 17.0. The van der Waals surface area contributed by atoms with Crippen molar-refractivity contribution in [1.29, 1.82) is 0 Å². The van der Waals surface area contributed by atoms with Crippen molar-refractivity contribution in [2.75, 3.05) is 23.9 Å². The largest absolute Gasteiger partial charge is 0.495 e. The van der Waals surface area contributed by atoms with E-state index in [4.69, 9.17) is 4.74 Å². The van der Waals surface area contributed by atoms with E-state index in [0.29, 0.717) is 29.1 Å². The fraction of sp³-hybridized carbons (Fsp3) is 0.450. The van der Waals surface area contributed by atoms with Gasteiger partial charge in [0, 0.05) is 18.3 Å². The molecule has 138 valence electrons. The lowest BCUT2D eigenvalue weighted by molar-refractivity contribution is 0.102. The zero-order valence-electron chi connectivity index (χ0n) is 15.7. The Labute approximate surface area is 154 Å². The van der Waals surface area contributed by atoms with E-state index in [0.717, 1.165) is 31.5 Å². The van der Waals surface area contributed by atoms with Gasteiger partial charge in [-0.25, -0.2) is 9.97 Å². The number of carbonyl (C=O) groups excluding carboxylic acids is 1. The number of rotatable bonds is 5. The summed E-state index contributed by atoms with van der Waals surface area (Å²) in [5.41, 5.74) is 1.79. The van der Waals surface area contributed by atoms with Gasteiger partial charge in [0.1, 0.15) is 11.4 Å². The highest BCUT2D eigenvalue weighted by molar-refractivity contribution is 6.03. The summed E-state index contributed by atoms with van der Waals surface area (Å²) in [6.45, 7) is 5.03. The van der Waals surface area contributed by atoms with E-state index in [1.807, 2.05) is 31.2 Å². The number of ether oxygens (including phenoxy) is 1. The molecule has 1 N–H and O–H groups in total. The summed E-state index contributed by atoms with van der Waals surface area (Å²) in [4.78, 5) is 24.1. The standard InChI is InChI=1S/C20H26N4O2/c1-4-15-9-7-8-12-24(15)20-21-14(2)13-17(23-20)19(25)22-16-10-5-6-11-18(16)26-3/h5-6,10-11,13,15H,4,7-9,12H2,1-3H3,(H,22,25). The number of hydrogen-bond acceptors (Lipinski definition) is 5. The van der Waals surface area contributed by atoms with Crippen LogP contribution in [0, 0.1) is 6.92 Å². The third kappa shape index (κ3) is 3.95. The van der Waals surface area contributed by atoms with Gasteiger partial charge in [-0.3, -0.25) is 4.79 Å². The number of hydrogen-bond donors (Lipinski definition) is 1. The lowest BCUT2D eigenvalue weighted by Crippen LogP contribution is -2.40. The second-order valence-electron chi connectivity index (χ2n) is 6.60. The minimum absolute atomic E-state index is 0.258. The number of amides is 1. The van der Waals surface area contributed by atoms with Crippen LogP contribution in [0.1, 0.15) is 48.8 Å². The van der Waals surface area contributed by atoms with E-state index in [9.17, 15) is 4.79 Å². The molecule has 26 heavy (non-hydrogen) atoms. The summed E-state index contributed by atoms with van der Waals surface area (Å²) >= 11 is 0. The predicted octanol–water partition coefficient (Wildman–Crippen LogP) is 3.81. The Bertz CT molecular complexity index is 778. The second-order valence-corrected chi connectivity index (χ2v) is 6.60. The third-order valence-corrected chi connectivity index (χ3v) is 4.79. The Morgan fingerprint density at radius 2 is 2.12 bits per heavy atom. The number of nitrogens with zero attached hydrogens (tertiary/aromatic N) is 3. The maximum absolute atomic E-state index is 12.7. The summed E-state index contributed by atoms with van der Waals surface area (Å²) in [5, 5.41) is 2.89. The number of anilines is 2. The SMILES string of the molecule is CCC1CCCCN1c1nc(C)cc(C(=O)Nc2ccccc2OC)n1. The molecule has 1 amide bonds. The molecule has 3 rings (SSSR count). The fourth-order valence-corrected chi connectivity index (χ4v) is 3.42. The van der Waals surface area contributed by atoms with Crippen LogP contribution in [-0.2, 0) is 0 Å². The quantitative estimate of drug-likeness (QED) is 0.884. The van der Waals surface area contributed by atoms with Crippen LogP contribution in [0.3, 0.4) is 0 Å². The van der Waals surface area contributed by atoms with Gasteiger partial charge < -0.3 is 15.0 Å². The molecule has 1 aliphatic heterocycles. The summed E-state index contributed by atoms with van der Waals surface area (Å²) in [7, 11) is 1.58. The van der Waals surface area contributed by atoms with Crippen LogP contribution in [0.4, 0.5) is 11.6 Å². The van der Waals surface area contributed by atoms with Crippen molar-refractivity contribution in [2.45, 2.75) is 45.6 Å². The van der Waals surface area contributed by atoms with Crippen molar-refractivity contribution in [3.63, 3.8) is 0 Å². The summed E-state index contributed by atoms with van der Waals surface area (Å²) in [5.74, 6) is 1.02. The molecule has 0 saturated carbocycles. The van der Waals surface area contributed by atoms with Crippen molar-refractivity contribution >= 4 is 17.5 Å². The number of para-hydroxylation sites is 2. The van der Waals surface area contributed by atoms with Gasteiger partial charge in [-0.1, -0.05) is 19.1 Å². The van der Waals surface area contributed by atoms with Gasteiger partial charge in [0.05, 0.1) is 12.8 Å². The molecule has 1 atom stereocenters. The number of nitrogens with one attached hydrogen (secondary N) is 1. The lowest BCUT2D eigenvalue weighted by Gasteiger charge is -2.35. The van der Waals surface area contributed by atoms with E-state index in [-0.39, 0.29) is 5.91 Å². The highest BCUT2D eigenvalue weighted by Gasteiger charge is 2.24. The summed E-state index contributed by atoms with van der Waals surface area (Å²) < 4.78 is 5.30. The maximum Gasteiger partial charge on any atom is 0.274 e. The van der Waals surface area contributed by atoms with E-state index >= 15 is 0 Å². The van der Waals surface area contributed by atoms with Crippen LogP contribution in [0.15, 0.2) is 30.3 Å². The van der Waals surface area contributed by atoms with Crippen molar-refractivity contribution < 1.29 is 9.53 Å². The molecule has 0 bridgehead atoms. The molecule has 2 aromatic rings. The molecule has 6 nitrogen and oxygen atoms in total. The number of aromatic nitrogens is 2. The molecule has 1 aromatic carbocycles. The number of aryl methyl sites for hydroxylation is 1. The Balaban J connectivity index is 1.86. The van der Waals surface area contributed by atoms with E-state index in [1.54, 1.807) is 13.2 Å². The van der Waals surface area contributed by atoms with Crippen LogP contribution in [0.25, 0.3) is 0 Å². The second kappa shape index (κ2) is 8.17. The molecule has 1 fully saturated rings. The zero-order chi connectivity index (χ0) is 18.5. The monoisotopic (exact) mass is 354 g/mol. The topological polar surface area (TPSA) is 67.4 Å². The Kier molecular flexibility index (Phi) is 5.71. The smallest absolute Gasteiger partial charge is 0.274 e. The van der Waals surface area contributed by atoms with Gasteiger partial charge >= 0.3 is 0 Å². The molecule has 1 aromatic heterocycles. The Morgan fingerprint density at radius 3 is 2.88 bits per heavy atom. The first-order valence-electron chi connectivity index (χ1n) is 9.19. The lowest BCUT2D eigenvalue weighted by atomic mass is 10.0. The van der Waals surface area contributed by atoms with Crippen molar-refractivity contribution in [3.8, 4) is 5.75 Å². The van der Waals surface area contributed by atoms with E-state index in [2.05, 4.69) is 27.1 Å². The molecule has 6 heteroatoms. The zero-order valence-corrected chi connectivity index (χ0v) is 15.7. The van der Waals surface area contributed by atoms with Gasteiger partial charge in [-0.15, -0.1) is 0 Å². The van der Waals surface area contributed by atoms with E-state index in [1.165, 1.54) is 6.42 Å². The van der Waals surface area contributed by atoms with Crippen LogP contribution >= 0.6 is 0 Å². The first-order valence-corrected chi connectivity index (χ1v) is 9.19. The van der Waals surface area contributed by atoms with Crippen LogP contribution in [0.2, 0.25) is 0 Å². The van der Waals surface area contributed by atoms with Crippen molar-refractivity contribution in [1.82, 2.24) is 9.97 Å². The Morgan fingerprint density at radius 1 is 1.31 bits per heavy atom. The molecule has 0 spiro atoms. The minimum atomic E-state index is -0.258. The van der Waals surface area contributed by atoms with Crippen LogP contribution in [-0.4, -0.2) is 35.6 Å².